The van der Waals surface area contributed by atoms with Gasteiger partial charge in [-0.15, -0.1) is 11.3 Å². The van der Waals surface area contributed by atoms with Crippen molar-refractivity contribution in [3.63, 3.8) is 0 Å². The molecule has 0 N–H and O–H groups in total. The molecular weight excluding hydrogens is 282 g/mol. The molecule has 0 saturated carbocycles. The van der Waals surface area contributed by atoms with Crippen LogP contribution in [0.15, 0.2) is 16.0 Å². The van der Waals surface area contributed by atoms with Gasteiger partial charge in [0.2, 0.25) is 0 Å². The van der Waals surface area contributed by atoms with Crippen molar-refractivity contribution in [2.24, 2.45) is 0 Å². The molecule has 1 heterocycles. The Morgan fingerprint density at radius 3 is 2.06 bits per heavy atom. The van der Waals surface area contributed by atoms with Gasteiger partial charge in [-0.3, -0.25) is 0 Å². The summed E-state index contributed by atoms with van der Waals surface area (Å²) in [6.45, 7) is 8.67. The molecule has 2 aromatic rings. The van der Waals surface area contributed by atoms with Gasteiger partial charge in [0.05, 0.1) is 0 Å². The van der Waals surface area contributed by atoms with E-state index in [1.807, 2.05) is 5.38 Å². The molecule has 1 aromatic heterocycles. The molecule has 0 radical (unpaired) electrons. The molecule has 2 rings (SSSR count). The standard InChI is InChI=1S/C13H14BrNS/c1-7-5-8(2)10(4)12(9(7)3)13-15-11(14)6-16-13/h5-6H,1-4H3. The fourth-order valence-electron chi connectivity index (χ4n) is 1.91. The normalized spacial score (nSPS) is 10.8. The predicted molar refractivity (Wildman–Crippen MR) is 74.2 cm³/mol. The van der Waals surface area contributed by atoms with E-state index in [9.17, 15) is 0 Å². The fraction of sp³-hybridized carbons (Fsp3) is 0.308. The predicted octanol–water partition coefficient (Wildman–Crippen LogP) is 4.81. The molecule has 0 spiro atoms. The van der Waals surface area contributed by atoms with E-state index in [-0.39, 0.29) is 0 Å². The summed E-state index contributed by atoms with van der Waals surface area (Å²) in [7, 11) is 0. The summed E-state index contributed by atoms with van der Waals surface area (Å²) in [5.41, 5.74) is 6.65. The summed E-state index contributed by atoms with van der Waals surface area (Å²) in [5, 5.41) is 3.14. The maximum atomic E-state index is 4.52. The van der Waals surface area contributed by atoms with Gasteiger partial charge in [0.25, 0.3) is 0 Å². The van der Waals surface area contributed by atoms with Crippen molar-refractivity contribution in [1.29, 1.82) is 0 Å². The van der Waals surface area contributed by atoms with Gasteiger partial charge >= 0.3 is 0 Å². The minimum atomic E-state index is 0.922. The van der Waals surface area contributed by atoms with E-state index in [4.69, 9.17) is 0 Å². The number of rotatable bonds is 1. The Balaban J connectivity index is 2.73. The Morgan fingerprint density at radius 1 is 1.06 bits per heavy atom. The minimum Gasteiger partial charge on any atom is -0.229 e. The number of benzene rings is 1. The highest BCUT2D eigenvalue weighted by Gasteiger charge is 2.13. The summed E-state index contributed by atoms with van der Waals surface area (Å²) in [6.07, 6.45) is 0. The Kier molecular flexibility index (Phi) is 3.17. The van der Waals surface area contributed by atoms with Crippen LogP contribution in [-0.4, -0.2) is 4.98 Å². The van der Waals surface area contributed by atoms with Crippen LogP contribution in [0.1, 0.15) is 22.3 Å². The maximum absolute atomic E-state index is 4.52. The topological polar surface area (TPSA) is 12.9 Å². The lowest BCUT2D eigenvalue weighted by atomic mass is 9.95. The average Bonchev–Trinajstić information content (AvgIpc) is 2.62. The Hall–Kier alpha value is -0.670. The van der Waals surface area contributed by atoms with E-state index < -0.39 is 0 Å². The van der Waals surface area contributed by atoms with E-state index in [0.717, 1.165) is 9.61 Å². The molecule has 16 heavy (non-hydrogen) atoms. The molecule has 0 aliphatic heterocycles. The van der Waals surface area contributed by atoms with Gasteiger partial charge < -0.3 is 0 Å². The largest absolute Gasteiger partial charge is 0.229 e. The first-order valence-corrected chi connectivity index (χ1v) is 6.86. The molecule has 0 amide bonds. The van der Waals surface area contributed by atoms with Crippen molar-refractivity contribution in [3.05, 3.63) is 38.3 Å². The van der Waals surface area contributed by atoms with E-state index >= 15 is 0 Å². The van der Waals surface area contributed by atoms with Crippen LogP contribution in [0.2, 0.25) is 0 Å². The summed E-state index contributed by atoms with van der Waals surface area (Å²) in [6, 6.07) is 2.25. The first-order valence-electron chi connectivity index (χ1n) is 5.19. The van der Waals surface area contributed by atoms with Crippen molar-refractivity contribution in [2.75, 3.05) is 0 Å². The molecule has 0 fully saturated rings. The SMILES string of the molecule is Cc1cc(C)c(C)c(-c2nc(Br)cs2)c1C. The molecule has 0 aliphatic rings. The molecule has 3 heteroatoms. The lowest BCUT2D eigenvalue weighted by Gasteiger charge is -2.12. The average molecular weight is 296 g/mol. The van der Waals surface area contributed by atoms with Crippen molar-refractivity contribution in [1.82, 2.24) is 4.98 Å². The monoisotopic (exact) mass is 295 g/mol. The zero-order valence-corrected chi connectivity index (χ0v) is 12.3. The Labute approximate surface area is 109 Å². The van der Waals surface area contributed by atoms with Crippen LogP contribution >= 0.6 is 27.3 Å². The molecule has 0 atom stereocenters. The molecule has 0 saturated heterocycles. The molecule has 1 nitrogen and oxygen atoms in total. The number of halogens is 1. The number of aryl methyl sites for hydroxylation is 2. The third-order valence-corrected chi connectivity index (χ3v) is 4.63. The third kappa shape index (κ3) is 1.94. The van der Waals surface area contributed by atoms with Crippen molar-refractivity contribution in [3.8, 4) is 10.6 Å². The lowest BCUT2D eigenvalue weighted by molar-refractivity contribution is 1.23. The summed E-state index contributed by atoms with van der Waals surface area (Å²) < 4.78 is 0.922. The van der Waals surface area contributed by atoms with E-state index in [2.05, 4.69) is 54.7 Å². The van der Waals surface area contributed by atoms with Crippen LogP contribution in [0.4, 0.5) is 0 Å². The van der Waals surface area contributed by atoms with Crippen LogP contribution in [0, 0.1) is 27.7 Å². The minimum absolute atomic E-state index is 0.922. The first kappa shape index (κ1) is 11.8. The highest BCUT2D eigenvalue weighted by atomic mass is 79.9. The van der Waals surface area contributed by atoms with E-state index in [1.165, 1.54) is 27.8 Å². The van der Waals surface area contributed by atoms with Crippen LogP contribution in [0.3, 0.4) is 0 Å². The lowest BCUT2D eigenvalue weighted by Crippen LogP contribution is -1.94. The molecule has 0 bridgehead atoms. The molecular formula is C13H14BrNS. The first-order chi connectivity index (χ1) is 7.50. The van der Waals surface area contributed by atoms with E-state index in [1.54, 1.807) is 11.3 Å². The van der Waals surface area contributed by atoms with Crippen LogP contribution in [0.5, 0.6) is 0 Å². The van der Waals surface area contributed by atoms with Crippen LogP contribution in [-0.2, 0) is 0 Å². The zero-order valence-electron chi connectivity index (χ0n) is 9.89. The Bertz CT molecular complexity index is 517. The van der Waals surface area contributed by atoms with Crippen molar-refractivity contribution < 1.29 is 0 Å². The number of hydrogen-bond donors (Lipinski definition) is 0. The number of aromatic nitrogens is 1. The summed E-state index contributed by atoms with van der Waals surface area (Å²) >= 11 is 5.11. The third-order valence-electron chi connectivity index (χ3n) is 3.06. The zero-order chi connectivity index (χ0) is 11.9. The molecule has 84 valence electrons. The second-order valence-corrected chi connectivity index (χ2v) is 5.78. The van der Waals surface area contributed by atoms with E-state index in [0.29, 0.717) is 0 Å². The fourth-order valence-corrected chi connectivity index (χ4v) is 3.32. The van der Waals surface area contributed by atoms with Gasteiger partial charge in [0.15, 0.2) is 0 Å². The van der Waals surface area contributed by atoms with Gasteiger partial charge in [0, 0.05) is 10.9 Å². The Morgan fingerprint density at radius 2 is 1.62 bits per heavy atom. The smallest absolute Gasteiger partial charge is 0.125 e. The van der Waals surface area contributed by atoms with Gasteiger partial charge in [0.1, 0.15) is 9.61 Å². The van der Waals surface area contributed by atoms with Crippen molar-refractivity contribution in [2.45, 2.75) is 27.7 Å². The van der Waals surface area contributed by atoms with Gasteiger partial charge in [-0.25, -0.2) is 4.98 Å². The molecule has 1 aromatic carbocycles. The van der Waals surface area contributed by atoms with Gasteiger partial charge in [-0.1, -0.05) is 6.07 Å². The maximum Gasteiger partial charge on any atom is 0.125 e. The highest BCUT2D eigenvalue weighted by molar-refractivity contribution is 9.10. The van der Waals surface area contributed by atoms with Crippen LogP contribution in [0.25, 0.3) is 10.6 Å². The number of hydrogen-bond acceptors (Lipinski definition) is 2. The second kappa shape index (κ2) is 4.30. The number of nitrogens with zero attached hydrogens (tertiary/aromatic N) is 1. The van der Waals surface area contributed by atoms with Crippen LogP contribution < -0.4 is 0 Å². The van der Waals surface area contributed by atoms with Crippen molar-refractivity contribution >= 4 is 27.3 Å². The number of thiazole rings is 1. The quantitative estimate of drug-likeness (QED) is 0.736. The van der Waals surface area contributed by atoms with Gasteiger partial charge in [-0.05, 0) is 65.9 Å². The van der Waals surface area contributed by atoms with Gasteiger partial charge in [-0.2, -0.15) is 0 Å². The second-order valence-electron chi connectivity index (χ2n) is 4.11. The molecule has 0 unspecified atom stereocenters. The summed E-state index contributed by atoms with van der Waals surface area (Å²) in [4.78, 5) is 4.52. The summed E-state index contributed by atoms with van der Waals surface area (Å²) in [5.74, 6) is 0. The highest BCUT2D eigenvalue weighted by Crippen LogP contribution is 2.34. The molecule has 0 aliphatic carbocycles.